The van der Waals surface area contributed by atoms with Crippen LogP contribution in [0.1, 0.15) is 159 Å². The number of nitrogens with one attached hydrogen (secondary N) is 3. The van der Waals surface area contributed by atoms with Crippen LogP contribution in [0.4, 0.5) is 11.4 Å². The first-order valence-corrected chi connectivity index (χ1v) is 32.8. The molecule has 10 rings (SSSR count). The maximum atomic E-state index is 14.2. The lowest BCUT2D eigenvalue weighted by molar-refractivity contribution is 0.0697. The Hall–Kier alpha value is -6.23. The Labute approximate surface area is 538 Å². The number of aromatic carboxylic acids is 1. The summed E-state index contributed by atoms with van der Waals surface area (Å²) in [6.45, 7) is 37.7. The summed E-state index contributed by atoms with van der Waals surface area (Å²) in [5, 5.41) is 14.8. The summed E-state index contributed by atoms with van der Waals surface area (Å²) in [6, 6.07) is 13.8. The molecular formula is C69H103ClN10O10. The van der Waals surface area contributed by atoms with Crippen LogP contribution in [0.3, 0.4) is 0 Å². The molecule has 20 nitrogen and oxygen atoms in total. The van der Waals surface area contributed by atoms with Crippen molar-refractivity contribution < 1.29 is 37.7 Å². The molecule has 0 radical (unpaired) electrons. The summed E-state index contributed by atoms with van der Waals surface area (Å²) in [7, 11) is 1.53. The number of anilines is 2. The molecule has 4 aliphatic heterocycles. The molecule has 6 N–H and O–H groups in total. The van der Waals surface area contributed by atoms with E-state index < -0.39 is 5.97 Å². The van der Waals surface area contributed by atoms with Crippen molar-refractivity contribution >= 4 is 57.6 Å². The number of H-pyrrole nitrogens is 2. The fourth-order valence-electron chi connectivity index (χ4n) is 13.6. The Morgan fingerprint density at radius 1 is 0.633 bits per heavy atom. The number of aromatic amines is 2. The van der Waals surface area contributed by atoms with Crippen molar-refractivity contribution in [3.63, 3.8) is 0 Å². The number of nitrogens with zero attached hydrogens (tertiary/aromatic N) is 6. The molecular weight excluding hydrogens is 1160 g/mol. The number of halogens is 1. The molecule has 4 fully saturated rings. The summed E-state index contributed by atoms with van der Waals surface area (Å²) in [5.41, 5.74) is 15.3. The van der Waals surface area contributed by atoms with Crippen molar-refractivity contribution in [3.05, 3.63) is 119 Å². The van der Waals surface area contributed by atoms with E-state index in [2.05, 4.69) is 105 Å². The van der Waals surface area contributed by atoms with Gasteiger partial charge < -0.3 is 59.0 Å². The number of carbonyl (C=O) groups is 2. The zero-order chi connectivity index (χ0) is 64.1. The van der Waals surface area contributed by atoms with Crippen LogP contribution in [0.25, 0.3) is 21.9 Å². The van der Waals surface area contributed by atoms with Crippen molar-refractivity contribution in [3.8, 4) is 5.75 Å². The average molecular weight is 1270 g/mol. The van der Waals surface area contributed by atoms with E-state index in [1.165, 1.54) is 7.11 Å². The number of methoxy groups -OCH3 is 1. The third-order valence-electron chi connectivity index (χ3n) is 18.5. The number of carboxylic acid groups (broad SMARTS) is 1. The van der Waals surface area contributed by atoms with Crippen LogP contribution in [0.5, 0.6) is 5.75 Å². The van der Waals surface area contributed by atoms with E-state index >= 15 is 0 Å². The Kier molecular flexibility index (Phi) is 26.4. The van der Waals surface area contributed by atoms with Crippen molar-refractivity contribution in [1.82, 2.24) is 34.9 Å². The van der Waals surface area contributed by atoms with Gasteiger partial charge in [0.05, 0.1) is 43.4 Å². The molecule has 0 spiro atoms. The zero-order valence-corrected chi connectivity index (χ0v) is 56.6. The Bertz CT molecular complexity index is 3440. The van der Waals surface area contributed by atoms with Crippen molar-refractivity contribution in [2.75, 3.05) is 109 Å². The number of ether oxygens (including phenoxy) is 3. The minimum atomic E-state index is -0.875. The van der Waals surface area contributed by atoms with E-state index in [9.17, 15) is 24.3 Å². The number of carbonyl (C=O) groups excluding carboxylic acids is 1. The lowest BCUT2D eigenvalue weighted by Crippen LogP contribution is -2.48. The smallest absolute Gasteiger partial charge is 0.336 e. The van der Waals surface area contributed by atoms with Crippen LogP contribution in [-0.2, 0) is 54.9 Å². The molecule has 2 aromatic carbocycles. The summed E-state index contributed by atoms with van der Waals surface area (Å²) < 4.78 is 29.5. The fraction of sp³-hybridized carbons (Fsp3) is 0.594. The largest absolute Gasteiger partial charge is 0.496 e. The first kappa shape index (κ1) is 71.2. The maximum Gasteiger partial charge on any atom is 0.336 e. The minimum absolute atomic E-state index is 0. The number of carboxylic acids is 1. The van der Waals surface area contributed by atoms with Gasteiger partial charge in [-0.3, -0.25) is 34.0 Å². The molecule has 0 saturated carbocycles. The first-order valence-electron chi connectivity index (χ1n) is 32.8. The third-order valence-corrected chi connectivity index (χ3v) is 18.5. The number of pyridine rings is 2. The van der Waals surface area contributed by atoms with Crippen molar-refractivity contribution in [2.24, 2.45) is 5.73 Å². The number of hydrogen-bond donors (Lipinski definition) is 5. The lowest BCUT2D eigenvalue weighted by atomic mass is 9.95. The second kappa shape index (κ2) is 33.4. The number of amides is 1. The number of piperazine rings is 2. The monoisotopic (exact) mass is 1270 g/mol. The second-order valence-corrected chi connectivity index (χ2v) is 24.7. The minimum Gasteiger partial charge on any atom is -0.496 e. The normalized spacial score (nSPS) is 16.6. The summed E-state index contributed by atoms with van der Waals surface area (Å²) in [6.07, 6.45) is 6.02. The van der Waals surface area contributed by atoms with Gasteiger partial charge >= 0.3 is 5.97 Å². The predicted molar refractivity (Wildman–Crippen MR) is 362 cm³/mol. The summed E-state index contributed by atoms with van der Waals surface area (Å²) in [5.74, 6) is 1.06. The van der Waals surface area contributed by atoms with Gasteiger partial charge in [-0.2, -0.15) is 0 Å². The molecule has 8 heterocycles. The number of aryl methyl sites for hydroxylation is 3. The molecule has 1 amide bonds. The van der Waals surface area contributed by atoms with E-state index in [1.54, 1.807) is 13.0 Å². The summed E-state index contributed by atoms with van der Waals surface area (Å²) >= 11 is 0. The molecule has 4 aromatic heterocycles. The van der Waals surface area contributed by atoms with Crippen LogP contribution in [0.15, 0.2) is 54.8 Å². The number of benzene rings is 2. The number of furan rings is 2. The molecule has 0 atom stereocenters. The summed E-state index contributed by atoms with van der Waals surface area (Å²) in [4.78, 5) is 70.9. The van der Waals surface area contributed by atoms with Crippen LogP contribution < -0.4 is 36.7 Å². The molecule has 90 heavy (non-hydrogen) atoms. The lowest BCUT2D eigenvalue weighted by Gasteiger charge is -2.37. The molecule has 6 aromatic rings. The maximum absolute atomic E-state index is 14.2. The van der Waals surface area contributed by atoms with Gasteiger partial charge in [0.2, 0.25) is 0 Å². The number of nitrogens with two attached hydrogens (primary N) is 1. The highest BCUT2D eigenvalue weighted by molar-refractivity contribution is 6.09. The SMILES string of the molecule is CCc1c(N(CC)C2CCOCC2)cc2oc(CN3CCN(C(C)C)CC3)cc2c1C(=O)NCc1c(OC)cc(C)[nH]c1=O.CCc1c(N(CC)C2CCOCC2)cc2oc(CN3CCN(C(C)C)CC3)cc2c1C(=O)O.CCc1cc(C)[nH]c(=O)c1CN.Cl. The highest BCUT2D eigenvalue weighted by atomic mass is 35.5. The molecule has 21 heteroatoms. The van der Waals surface area contributed by atoms with E-state index in [0.29, 0.717) is 95.9 Å². The molecule has 0 unspecified atom stereocenters. The number of hydrogen-bond acceptors (Lipinski definition) is 16. The standard InChI is InChI=1S/C34H49N5O5.C26H39N3O4.C9H14N2O.ClH/c1-7-26-29(39(8-2)24-9-15-43-16-10-24)19-31-27(18-25(44-31)21-37-11-13-38(14-12-37)22(3)4)32(26)34(41)35-20-28-30(42-6)17-23(5)36-33(28)40;1-5-21-23(29(6-2)19-7-13-32-14-8-19)16-24-22(25(21)26(30)31)15-20(33-24)17-27-9-11-28(12-10-27)18(3)4;1-3-7-4-6(2)11-9(12)8(7)5-10;/h17-19,22,24H,7-16,20-21H2,1-6H3,(H,35,41)(H,36,40);15-16,18-19H,5-14,17H2,1-4H3,(H,30,31);4H,3,5,10H2,1-2H3,(H,11,12);1H. The highest BCUT2D eigenvalue weighted by Crippen LogP contribution is 2.39. The van der Waals surface area contributed by atoms with Crippen molar-refractivity contribution in [2.45, 2.75) is 171 Å². The topological polar surface area (TPSA) is 232 Å². The van der Waals surface area contributed by atoms with E-state index in [-0.39, 0.29) is 36.0 Å². The Morgan fingerprint density at radius 2 is 1.07 bits per heavy atom. The predicted octanol–water partition coefficient (Wildman–Crippen LogP) is 9.81. The van der Waals surface area contributed by atoms with Crippen LogP contribution >= 0.6 is 12.4 Å². The van der Waals surface area contributed by atoms with Crippen molar-refractivity contribution in [1.29, 1.82) is 0 Å². The number of fused-ring (bicyclic) bond motifs is 2. The van der Waals surface area contributed by atoms with Gasteiger partial charge in [0.15, 0.2) is 0 Å². The van der Waals surface area contributed by atoms with E-state index in [0.717, 1.165) is 186 Å². The molecule has 496 valence electrons. The quantitative estimate of drug-likeness (QED) is 0.0451. The van der Waals surface area contributed by atoms with Gasteiger partial charge in [0.25, 0.3) is 17.0 Å². The van der Waals surface area contributed by atoms with Gasteiger partial charge in [-0.1, -0.05) is 20.8 Å². The number of rotatable bonds is 21. The van der Waals surface area contributed by atoms with Crippen LogP contribution in [0, 0.1) is 13.8 Å². The first-order chi connectivity index (χ1) is 42.8. The molecule has 4 saturated heterocycles. The molecule has 0 bridgehead atoms. The van der Waals surface area contributed by atoms with E-state index in [4.69, 9.17) is 28.8 Å². The molecule has 0 aliphatic carbocycles. The van der Waals surface area contributed by atoms with Gasteiger partial charge in [0, 0.05) is 174 Å². The van der Waals surface area contributed by atoms with Gasteiger partial charge in [-0.05, 0) is 141 Å². The van der Waals surface area contributed by atoms with Gasteiger partial charge in [-0.15, -0.1) is 12.4 Å². The zero-order valence-electron chi connectivity index (χ0n) is 55.7. The number of aromatic nitrogens is 2. The Morgan fingerprint density at radius 3 is 1.47 bits per heavy atom. The van der Waals surface area contributed by atoms with Gasteiger partial charge in [-0.25, -0.2) is 4.79 Å². The molecule has 4 aliphatic rings. The average Bonchev–Trinajstić information content (AvgIpc) is 1.53. The van der Waals surface area contributed by atoms with Crippen LogP contribution in [0.2, 0.25) is 0 Å². The third kappa shape index (κ3) is 17.1. The van der Waals surface area contributed by atoms with E-state index in [1.807, 2.05) is 39.0 Å². The second-order valence-electron chi connectivity index (χ2n) is 24.7. The fourth-order valence-corrected chi connectivity index (χ4v) is 13.6. The van der Waals surface area contributed by atoms with Gasteiger partial charge in [0.1, 0.15) is 28.4 Å². The Balaban J connectivity index is 0.000000219. The highest BCUT2D eigenvalue weighted by Gasteiger charge is 2.31. The van der Waals surface area contributed by atoms with Crippen LogP contribution in [-0.4, -0.2) is 170 Å².